The second kappa shape index (κ2) is 5.36. The van der Waals surface area contributed by atoms with Crippen molar-refractivity contribution in [3.05, 3.63) is 47.5 Å². The molecule has 0 aliphatic rings. The Balaban J connectivity index is 2.31. The zero-order chi connectivity index (χ0) is 13.1. The number of benzene rings is 1. The highest BCUT2D eigenvalue weighted by molar-refractivity contribution is 5.58. The average Bonchev–Trinajstić information content (AvgIpc) is 2.84. The van der Waals surface area contributed by atoms with E-state index < -0.39 is 0 Å². The minimum Gasteiger partial charge on any atom is -0.459 e. The molecule has 1 aromatic heterocycles. The molecular weight excluding hydrogens is 229 g/mol. The molecule has 0 saturated heterocycles. The first-order chi connectivity index (χ1) is 8.65. The van der Waals surface area contributed by atoms with Crippen molar-refractivity contribution in [1.82, 2.24) is 5.32 Å². The molecule has 1 heterocycles. The van der Waals surface area contributed by atoms with Crippen molar-refractivity contribution < 1.29 is 8.81 Å². The zero-order valence-electron chi connectivity index (χ0n) is 11.0. The Hall–Kier alpha value is -1.61. The average molecular weight is 247 g/mol. The van der Waals surface area contributed by atoms with Crippen molar-refractivity contribution in [2.24, 2.45) is 0 Å². The molecule has 0 bridgehead atoms. The first-order valence-corrected chi connectivity index (χ1v) is 6.19. The monoisotopic (exact) mass is 247 g/mol. The predicted octanol–water partition coefficient (Wildman–Crippen LogP) is 4.06. The van der Waals surface area contributed by atoms with Crippen LogP contribution >= 0.6 is 0 Å². The van der Waals surface area contributed by atoms with Gasteiger partial charge in [-0.2, -0.15) is 0 Å². The van der Waals surface area contributed by atoms with Crippen LogP contribution in [0.3, 0.4) is 0 Å². The van der Waals surface area contributed by atoms with Crippen LogP contribution in [-0.2, 0) is 0 Å². The van der Waals surface area contributed by atoms with Crippen LogP contribution in [0, 0.1) is 12.7 Å². The summed E-state index contributed by atoms with van der Waals surface area (Å²) in [7, 11) is 1.92. The zero-order valence-corrected chi connectivity index (χ0v) is 11.0. The normalized spacial score (nSPS) is 12.7. The van der Waals surface area contributed by atoms with Crippen molar-refractivity contribution in [2.75, 3.05) is 7.05 Å². The molecule has 96 valence electrons. The third kappa shape index (κ3) is 2.46. The van der Waals surface area contributed by atoms with Crippen LogP contribution in [-0.4, -0.2) is 7.05 Å². The molecule has 0 saturated carbocycles. The molecule has 0 aliphatic carbocycles. The smallest absolute Gasteiger partial charge is 0.134 e. The molecular formula is C15H18FNO. The number of hydrogen-bond donors (Lipinski definition) is 1. The lowest BCUT2D eigenvalue weighted by Crippen LogP contribution is -2.14. The summed E-state index contributed by atoms with van der Waals surface area (Å²) in [6.07, 6.45) is 0.964. The largest absolute Gasteiger partial charge is 0.459 e. The lowest BCUT2D eigenvalue weighted by Gasteiger charge is -2.10. The number of furan rings is 1. The van der Waals surface area contributed by atoms with E-state index in [1.54, 1.807) is 19.1 Å². The number of aryl methyl sites for hydroxylation is 1. The number of hydrogen-bond acceptors (Lipinski definition) is 2. The van der Waals surface area contributed by atoms with Gasteiger partial charge in [0.1, 0.15) is 17.3 Å². The van der Waals surface area contributed by atoms with Crippen molar-refractivity contribution >= 4 is 0 Å². The molecule has 1 N–H and O–H groups in total. The van der Waals surface area contributed by atoms with Crippen LogP contribution in [0.1, 0.15) is 30.7 Å². The molecule has 1 unspecified atom stereocenters. The summed E-state index contributed by atoms with van der Waals surface area (Å²) in [5, 5.41) is 3.20. The van der Waals surface area contributed by atoms with E-state index in [1.165, 1.54) is 6.07 Å². The molecule has 2 nitrogen and oxygen atoms in total. The molecule has 2 rings (SSSR count). The van der Waals surface area contributed by atoms with E-state index in [2.05, 4.69) is 12.2 Å². The maximum absolute atomic E-state index is 13.2. The van der Waals surface area contributed by atoms with Gasteiger partial charge in [-0.25, -0.2) is 4.39 Å². The van der Waals surface area contributed by atoms with Gasteiger partial charge in [0.25, 0.3) is 0 Å². The summed E-state index contributed by atoms with van der Waals surface area (Å²) < 4.78 is 19.0. The first kappa shape index (κ1) is 12.8. The second-order valence-corrected chi connectivity index (χ2v) is 4.42. The summed E-state index contributed by atoms with van der Waals surface area (Å²) in [6.45, 7) is 3.86. The molecule has 0 aliphatic heterocycles. The summed E-state index contributed by atoms with van der Waals surface area (Å²) in [5.74, 6) is 1.51. The maximum atomic E-state index is 13.2. The van der Waals surface area contributed by atoms with Gasteiger partial charge >= 0.3 is 0 Å². The highest BCUT2D eigenvalue weighted by atomic mass is 19.1. The van der Waals surface area contributed by atoms with Gasteiger partial charge < -0.3 is 9.73 Å². The van der Waals surface area contributed by atoms with E-state index >= 15 is 0 Å². The van der Waals surface area contributed by atoms with Crippen LogP contribution in [0.2, 0.25) is 0 Å². The molecule has 0 fully saturated rings. The quantitative estimate of drug-likeness (QED) is 0.881. The summed E-state index contributed by atoms with van der Waals surface area (Å²) >= 11 is 0. The molecule has 1 aromatic carbocycles. The highest BCUT2D eigenvalue weighted by Gasteiger charge is 2.12. The van der Waals surface area contributed by atoms with Gasteiger partial charge in [-0.3, -0.25) is 0 Å². The molecule has 1 atom stereocenters. The van der Waals surface area contributed by atoms with Crippen molar-refractivity contribution in [3.8, 4) is 11.3 Å². The van der Waals surface area contributed by atoms with Crippen molar-refractivity contribution in [2.45, 2.75) is 26.3 Å². The van der Waals surface area contributed by atoms with E-state index in [9.17, 15) is 4.39 Å². The van der Waals surface area contributed by atoms with Crippen LogP contribution in [0.4, 0.5) is 4.39 Å². The van der Waals surface area contributed by atoms with Gasteiger partial charge in [-0.1, -0.05) is 6.92 Å². The van der Waals surface area contributed by atoms with Gasteiger partial charge in [0.05, 0.1) is 6.04 Å². The van der Waals surface area contributed by atoms with E-state index in [-0.39, 0.29) is 11.9 Å². The fraction of sp³-hybridized carbons (Fsp3) is 0.333. The SMILES string of the molecule is CCC(NC)c1ccc(-c2ccc(F)c(C)c2)o1. The molecule has 18 heavy (non-hydrogen) atoms. The summed E-state index contributed by atoms with van der Waals surface area (Å²) in [5.41, 5.74) is 1.54. The topological polar surface area (TPSA) is 25.2 Å². The summed E-state index contributed by atoms with van der Waals surface area (Å²) in [6, 6.07) is 9.15. The van der Waals surface area contributed by atoms with E-state index in [0.29, 0.717) is 5.56 Å². The molecule has 0 spiro atoms. The molecule has 0 radical (unpaired) electrons. The Morgan fingerprint density at radius 1 is 1.28 bits per heavy atom. The van der Waals surface area contributed by atoms with Crippen LogP contribution in [0.25, 0.3) is 11.3 Å². The predicted molar refractivity (Wildman–Crippen MR) is 70.9 cm³/mol. The Bertz CT molecular complexity index is 529. The Morgan fingerprint density at radius 3 is 2.67 bits per heavy atom. The third-order valence-corrected chi connectivity index (χ3v) is 3.17. The number of nitrogens with one attached hydrogen (secondary N) is 1. The second-order valence-electron chi connectivity index (χ2n) is 4.42. The number of rotatable bonds is 4. The molecule has 0 amide bonds. The van der Waals surface area contributed by atoms with Gasteiger partial charge in [-0.15, -0.1) is 0 Å². The molecule has 2 aromatic rings. The maximum Gasteiger partial charge on any atom is 0.134 e. The van der Waals surface area contributed by atoms with Crippen LogP contribution in [0.15, 0.2) is 34.7 Å². The Labute approximate surface area is 107 Å². The van der Waals surface area contributed by atoms with Crippen LogP contribution < -0.4 is 5.32 Å². The summed E-state index contributed by atoms with van der Waals surface area (Å²) in [4.78, 5) is 0. The fourth-order valence-corrected chi connectivity index (χ4v) is 2.04. The van der Waals surface area contributed by atoms with Gasteiger partial charge in [-0.05, 0) is 56.3 Å². The lowest BCUT2D eigenvalue weighted by molar-refractivity contribution is 0.431. The lowest BCUT2D eigenvalue weighted by atomic mass is 10.1. The first-order valence-electron chi connectivity index (χ1n) is 6.19. The van der Waals surface area contributed by atoms with Crippen LogP contribution in [0.5, 0.6) is 0 Å². The number of halogens is 1. The molecule has 3 heteroatoms. The van der Waals surface area contributed by atoms with Gasteiger partial charge in [0.15, 0.2) is 0 Å². The third-order valence-electron chi connectivity index (χ3n) is 3.17. The standard InChI is InChI=1S/C15H18FNO/c1-4-13(17-3)15-8-7-14(18-15)11-5-6-12(16)10(2)9-11/h5-9,13,17H,4H2,1-3H3. The fourth-order valence-electron chi connectivity index (χ4n) is 2.04. The highest BCUT2D eigenvalue weighted by Crippen LogP contribution is 2.27. The van der Waals surface area contributed by atoms with Gasteiger partial charge in [0.2, 0.25) is 0 Å². The van der Waals surface area contributed by atoms with Gasteiger partial charge in [0, 0.05) is 5.56 Å². The van der Waals surface area contributed by atoms with E-state index in [1.807, 2.05) is 19.2 Å². The van der Waals surface area contributed by atoms with E-state index in [0.717, 1.165) is 23.5 Å². The van der Waals surface area contributed by atoms with Crippen molar-refractivity contribution in [3.63, 3.8) is 0 Å². The minimum absolute atomic E-state index is 0.188. The van der Waals surface area contributed by atoms with Crippen molar-refractivity contribution in [1.29, 1.82) is 0 Å². The Morgan fingerprint density at radius 2 is 2.06 bits per heavy atom. The van der Waals surface area contributed by atoms with E-state index in [4.69, 9.17) is 4.42 Å². The minimum atomic E-state index is -0.188. The Kier molecular flexibility index (Phi) is 3.82.